The maximum absolute atomic E-state index is 12.7. The number of nitrogens with one attached hydrogen (secondary N) is 1. The molecule has 0 saturated heterocycles. The summed E-state index contributed by atoms with van der Waals surface area (Å²) >= 11 is 6.04. The van der Waals surface area contributed by atoms with Crippen LogP contribution in [0.4, 0.5) is 0 Å². The van der Waals surface area contributed by atoms with Crippen molar-refractivity contribution in [2.45, 2.75) is 32.0 Å². The van der Waals surface area contributed by atoms with Gasteiger partial charge >= 0.3 is 0 Å². The number of pyridine rings is 2. The third-order valence-electron chi connectivity index (χ3n) is 5.46. The number of aromatic nitrogens is 2. The fourth-order valence-electron chi connectivity index (χ4n) is 3.37. The van der Waals surface area contributed by atoms with Crippen molar-refractivity contribution in [3.8, 4) is 17.0 Å². The Hall–Kier alpha value is -2.96. The van der Waals surface area contributed by atoms with E-state index >= 15 is 0 Å². The summed E-state index contributed by atoms with van der Waals surface area (Å²) in [5.41, 5.74) is 1.99. The van der Waals surface area contributed by atoms with Crippen molar-refractivity contribution < 1.29 is 14.6 Å². The van der Waals surface area contributed by atoms with Gasteiger partial charge in [-0.15, -0.1) is 0 Å². The number of hydrogen-bond donors (Lipinski definition) is 2. The van der Waals surface area contributed by atoms with Crippen LogP contribution < -0.4 is 10.1 Å². The highest BCUT2D eigenvalue weighted by Crippen LogP contribution is 2.39. The zero-order valence-electron chi connectivity index (χ0n) is 17.2. The molecular formula is C24H24ClN3O3. The molecule has 1 aliphatic rings. The maximum atomic E-state index is 12.7. The van der Waals surface area contributed by atoms with Crippen LogP contribution in [0.15, 0.2) is 61.1 Å². The van der Waals surface area contributed by atoms with Gasteiger partial charge in [0.05, 0.1) is 11.2 Å². The highest BCUT2D eigenvalue weighted by Gasteiger charge is 2.40. The Morgan fingerprint density at radius 3 is 2.61 bits per heavy atom. The number of carbonyl (C=O) groups excluding carboxylic acids is 1. The molecule has 0 unspecified atom stereocenters. The van der Waals surface area contributed by atoms with Gasteiger partial charge in [0.2, 0.25) is 5.88 Å². The topological polar surface area (TPSA) is 84.3 Å². The van der Waals surface area contributed by atoms with Gasteiger partial charge in [-0.2, -0.15) is 0 Å². The van der Waals surface area contributed by atoms with Crippen molar-refractivity contribution in [3.05, 3.63) is 77.2 Å². The molecule has 1 fully saturated rings. The molecule has 0 radical (unpaired) electrons. The second-order valence-corrected chi connectivity index (χ2v) is 8.48. The lowest BCUT2D eigenvalue weighted by Crippen LogP contribution is -2.42. The van der Waals surface area contributed by atoms with Crippen LogP contribution in [0, 0.1) is 5.92 Å². The molecule has 2 heterocycles. The molecule has 1 amide bonds. The molecule has 1 saturated carbocycles. The summed E-state index contributed by atoms with van der Waals surface area (Å²) in [6.07, 6.45) is 6.89. The summed E-state index contributed by atoms with van der Waals surface area (Å²) in [6.45, 7) is 2.29. The van der Waals surface area contributed by atoms with Gasteiger partial charge in [-0.05, 0) is 67.1 Å². The summed E-state index contributed by atoms with van der Waals surface area (Å²) in [5, 5.41) is 13.9. The van der Waals surface area contributed by atoms with E-state index in [4.69, 9.17) is 16.3 Å². The monoisotopic (exact) mass is 437 g/mol. The fourth-order valence-corrected chi connectivity index (χ4v) is 3.50. The van der Waals surface area contributed by atoms with Crippen LogP contribution >= 0.6 is 11.6 Å². The Kier molecular flexibility index (Phi) is 6.20. The van der Waals surface area contributed by atoms with Crippen molar-refractivity contribution in [1.29, 1.82) is 0 Å². The van der Waals surface area contributed by atoms with Crippen molar-refractivity contribution in [3.63, 3.8) is 0 Å². The first-order chi connectivity index (χ1) is 14.9. The average molecular weight is 438 g/mol. The number of ether oxygens (including phenoxy) is 1. The Morgan fingerprint density at radius 2 is 1.94 bits per heavy atom. The van der Waals surface area contributed by atoms with Crippen LogP contribution in [-0.2, 0) is 6.61 Å². The van der Waals surface area contributed by atoms with Crippen LogP contribution in [-0.4, -0.2) is 33.1 Å². The third-order valence-corrected chi connectivity index (χ3v) is 5.71. The Balaban J connectivity index is 1.56. The number of hydrogen-bond acceptors (Lipinski definition) is 5. The maximum Gasteiger partial charge on any atom is 0.252 e. The molecule has 160 valence electrons. The van der Waals surface area contributed by atoms with Gasteiger partial charge in [0.15, 0.2) is 0 Å². The average Bonchev–Trinajstić information content (AvgIpc) is 3.64. The fraction of sp³-hybridized carbons (Fsp3) is 0.292. The third kappa shape index (κ3) is 5.40. The summed E-state index contributed by atoms with van der Waals surface area (Å²) in [4.78, 5) is 21.2. The Bertz CT molecular complexity index is 1050. The number of rotatable bonds is 8. The number of halogens is 1. The van der Waals surface area contributed by atoms with Gasteiger partial charge in [0.1, 0.15) is 6.61 Å². The molecule has 2 N–H and O–H groups in total. The quantitative estimate of drug-likeness (QED) is 0.549. The number of carbonyl (C=O) groups is 1. The summed E-state index contributed by atoms with van der Waals surface area (Å²) < 4.78 is 5.95. The van der Waals surface area contributed by atoms with Crippen molar-refractivity contribution >= 4 is 17.5 Å². The summed E-state index contributed by atoms with van der Waals surface area (Å²) in [5.74, 6) is 0.379. The van der Waals surface area contributed by atoms with Gasteiger partial charge in [-0.1, -0.05) is 23.7 Å². The minimum atomic E-state index is -0.893. The van der Waals surface area contributed by atoms with E-state index in [-0.39, 0.29) is 18.4 Å². The van der Waals surface area contributed by atoms with Gasteiger partial charge in [0.25, 0.3) is 5.91 Å². The molecule has 0 bridgehead atoms. The highest BCUT2D eigenvalue weighted by molar-refractivity contribution is 6.30. The molecular weight excluding hydrogens is 414 g/mol. The standard InChI is InChI=1S/C24H24ClN3O3/c1-24(30,19-4-5-19)15-28-22(29)18-12-21(17-2-6-20(25)7-3-17)23(27-13-18)31-14-16-8-10-26-11-9-16/h2-3,6-13,19,30H,4-5,14-15H2,1H3,(H,28,29)/t24-/m0/s1. The van der Waals surface area contributed by atoms with E-state index in [1.807, 2.05) is 24.3 Å². The van der Waals surface area contributed by atoms with Crippen LogP contribution in [0.2, 0.25) is 5.02 Å². The van der Waals surface area contributed by atoms with Crippen molar-refractivity contribution in [1.82, 2.24) is 15.3 Å². The molecule has 1 aliphatic carbocycles. The SMILES string of the molecule is C[C@](O)(CNC(=O)c1cnc(OCc2ccncc2)c(-c2ccc(Cl)cc2)c1)C1CC1. The van der Waals surface area contributed by atoms with E-state index < -0.39 is 5.60 Å². The van der Waals surface area contributed by atoms with Crippen LogP contribution in [0.3, 0.4) is 0 Å². The minimum absolute atomic E-state index is 0.201. The van der Waals surface area contributed by atoms with E-state index in [1.165, 1.54) is 6.20 Å². The van der Waals surface area contributed by atoms with Gasteiger partial charge in [-0.25, -0.2) is 4.98 Å². The lowest BCUT2D eigenvalue weighted by atomic mass is 10.0. The number of amides is 1. The van der Waals surface area contributed by atoms with Crippen LogP contribution in [0.25, 0.3) is 11.1 Å². The molecule has 6 nitrogen and oxygen atoms in total. The first-order valence-electron chi connectivity index (χ1n) is 10.2. The second-order valence-electron chi connectivity index (χ2n) is 8.04. The predicted molar refractivity (Wildman–Crippen MR) is 119 cm³/mol. The lowest BCUT2D eigenvalue weighted by molar-refractivity contribution is 0.0354. The summed E-state index contributed by atoms with van der Waals surface area (Å²) in [6, 6.07) is 12.8. The van der Waals surface area contributed by atoms with E-state index in [2.05, 4.69) is 15.3 Å². The molecule has 3 aromatic rings. The van der Waals surface area contributed by atoms with Crippen LogP contribution in [0.1, 0.15) is 35.7 Å². The Morgan fingerprint density at radius 1 is 1.23 bits per heavy atom. The molecule has 31 heavy (non-hydrogen) atoms. The first-order valence-corrected chi connectivity index (χ1v) is 10.6. The van der Waals surface area contributed by atoms with E-state index in [0.29, 0.717) is 28.6 Å². The van der Waals surface area contributed by atoms with Gasteiger partial charge in [0, 0.05) is 35.7 Å². The largest absolute Gasteiger partial charge is 0.472 e. The highest BCUT2D eigenvalue weighted by atomic mass is 35.5. The van der Waals surface area contributed by atoms with E-state index in [9.17, 15) is 9.90 Å². The molecule has 4 rings (SSSR count). The van der Waals surface area contributed by atoms with Crippen molar-refractivity contribution in [2.75, 3.05) is 6.54 Å². The zero-order valence-corrected chi connectivity index (χ0v) is 18.0. The first kappa shape index (κ1) is 21.3. The number of benzene rings is 1. The summed E-state index contributed by atoms with van der Waals surface area (Å²) in [7, 11) is 0. The van der Waals surface area contributed by atoms with Gasteiger partial charge in [-0.3, -0.25) is 9.78 Å². The normalized spacial score (nSPS) is 15.2. The number of nitrogens with zero attached hydrogens (tertiary/aromatic N) is 2. The van der Waals surface area contributed by atoms with Crippen molar-refractivity contribution in [2.24, 2.45) is 5.92 Å². The Labute approximate surface area is 186 Å². The number of aliphatic hydroxyl groups is 1. The smallest absolute Gasteiger partial charge is 0.252 e. The lowest BCUT2D eigenvalue weighted by Gasteiger charge is -2.23. The van der Waals surface area contributed by atoms with E-state index in [1.54, 1.807) is 37.5 Å². The molecule has 0 spiro atoms. The predicted octanol–water partition coefficient (Wildman–Crippen LogP) is 4.27. The zero-order chi connectivity index (χ0) is 21.8. The second kappa shape index (κ2) is 9.04. The molecule has 7 heteroatoms. The molecule has 1 aromatic carbocycles. The molecule has 2 aromatic heterocycles. The van der Waals surface area contributed by atoms with Gasteiger partial charge < -0.3 is 15.2 Å². The molecule has 0 aliphatic heterocycles. The van der Waals surface area contributed by atoms with E-state index in [0.717, 1.165) is 24.0 Å². The van der Waals surface area contributed by atoms with Crippen LogP contribution in [0.5, 0.6) is 5.88 Å². The minimum Gasteiger partial charge on any atom is -0.472 e. The molecule has 1 atom stereocenters.